The Morgan fingerprint density at radius 2 is 1.90 bits per heavy atom. The fourth-order valence-electron chi connectivity index (χ4n) is 3.15. The first kappa shape index (κ1) is 14.1. The highest BCUT2D eigenvalue weighted by Gasteiger charge is 2.53. The summed E-state index contributed by atoms with van der Waals surface area (Å²) in [7, 11) is 2.01. The predicted octanol–water partition coefficient (Wildman–Crippen LogP) is 3.68. The van der Waals surface area contributed by atoms with Crippen molar-refractivity contribution in [1.82, 2.24) is 5.32 Å². The van der Waals surface area contributed by atoms with Gasteiger partial charge in [-0.1, -0.05) is 36.4 Å². The zero-order chi connectivity index (χ0) is 14.9. The topological polar surface area (TPSA) is 24.1 Å². The Labute approximate surface area is 125 Å². The van der Waals surface area contributed by atoms with Crippen LogP contribution in [-0.4, -0.2) is 13.6 Å². The van der Waals surface area contributed by atoms with Gasteiger partial charge in [0.25, 0.3) is 0 Å². The number of rotatable bonds is 5. The summed E-state index contributed by atoms with van der Waals surface area (Å²) in [6, 6.07) is 15.7. The predicted molar refractivity (Wildman–Crippen MR) is 84.9 cm³/mol. The third-order valence-electron chi connectivity index (χ3n) is 4.65. The van der Waals surface area contributed by atoms with Crippen molar-refractivity contribution in [3.8, 4) is 0 Å². The van der Waals surface area contributed by atoms with E-state index in [9.17, 15) is 4.39 Å². The van der Waals surface area contributed by atoms with Gasteiger partial charge in [0.15, 0.2) is 0 Å². The van der Waals surface area contributed by atoms with Crippen molar-refractivity contribution < 1.29 is 4.39 Å². The van der Waals surface area contributed by atoms with E-state index in [0.717, 1.165) is 18.7 Å². The van der Waals surface area contributed by atoms with E-state index in [0.29, 0.717) is 11.5 Å². The smallest absolute Gasteiger partial charge is 0.128 e. The Morgan fingerprint density at radius 1 is 1.14 bits per heavy atom. The zero-order valence-electron chi connectivity index (χ0n) is 12.5. The molecule has 2 N–H and O–H groups in total. The molecular formula is C18H21FN2. The van der Waals surface area contributed by atoms with Crippen LogP contribution in [0.5, 0.6) is 0 Å². The molecule has 0 bridgehead atoms. The summed E-state index contributed by atoms with van der Waals surface area (Å²) in [6.07, 6.45) is 1.11. The van der Waals surface area contributed by atoms with Crippen LogP contribution in [-0.2, 0) is 5.54 Å². The largest absolute Gasteiger partial charge is 0.384 e. The summed E-state index contributed by atoms with van der Waals surface area (Å²) in [4.78, 5) is 0. The van der Waals surface area contributed by atoms with Crippen LogP contribution in [0, 0.1) is 18.7 Å². The molecule has 2 aromatic rings. The van der Waals surface area contributed by atoms with Crippen LogP contribution in [0.4, 0.5) is 10.1 Å². The standard InChI is InChI=1S/C18H21FN2/c1-13-16(19)9-6-10-17(13)21-12-15-11-18(15,20-2)14-7-4-3-5-8-14/h3-10,15,20-21H,11-12H2,1-2H3. The van der Waals surface area contributed by atoms with E-state index in [1.54, 1.807) is 6.07 Å². The average Bonchev–Trinajstić information content (AvgIpc) is 3.25. The molecule has 2 aromatic carbocycles. The van der Waals surface area contributed by atoms with Crippen LogP contribution >= 0.6 is 0 Å². The van der Waals surface area contributed by atoms with E-state index in [-0.39, 0.29) is 11.4 Å². The number of anilines is 1. The lowest BCUT2D eigenvalue weighted by Gasteiger charge is -2.18. The summed E-state index contributed by atoms with van der Waals surface area (Å²) in [5.74, 6) is 0.367. The second kappa shape index (κ2) is 5.49. The number of halogens is 1. The third kappa shape index (κ3) is 2.54. The molecule has 0 saturated heterocycles. The maximum absolute atomic E-state index is 13.6. The molecule has 0 aromatic heterocycles. The Morgan fingerprint density at radius 3 is 2.62 bits per heavy atom. The first-order valence-corrected chi connectivity index (χ1v) is 7.41. The Hall–Kier alpha value is -1.87. The maximum Gasteiger partial charge on any atom is 0.128 e. The van der Waals surface area contributed by atoms with Crippen molar-refractivity contribution in [1.29, 1.82) is 0 Å². The van der Waals surface area contributed by atoms with Crippen LogP contribution in [0.25, 0.3) is 0 Å². The molecule has 3 rings (SSSR count). The molecule has 0 spiro atoms. The molecule has 3 heteroatoms. The van der Waals surface area contributed by atoms with Gasteiger partial charge in [0.2, 0.25) is 0 Å². The lowest BCUT2D eigenvalue weighted by atomic mass is 10.0. The lowest BCUT2D eigenvalue weighted by Crippen LogP contribution is -2.29. The maximum atomic E-state index is 13.6. The summed E-state index contributed by atoms with van der Waals surface area (Å²) in [6.45, 7) is 2.66. The molecule has 2 unspecified atom stereocenters. The number of nitrogens with one attached hydrogen (secondary N) is 2. The number of benzene rings is 2. The van der Waals surface area contributed by atoms with Gasteiger partial charge in [0.1, 0.15) is 5.82 Å². The van der Waals surface area contributed by atoms with Gasteiger partial charge in [0.05, 0.1) is 0 Å². The van der Waals surface area contributed by atoms with E-state index in [1.165, 1.54) is 11.6 Å². The van der Waals surface area contributed by atoms with Crippen molar-refractivity contribution in [3.05, 3.63) is 65.5 Å². The van der Waals surface area contributed by atoms with Gasteiger partial charge in [-0.15, -0.1) is 0 Å². The van der Waals surface area contributed by atoms with Crippen molar-refractivity contribution in [2.45, 2.75) is 18.9 Å². The molecule has 0 aliphatic heterocycles. The van der Waals surface area contributed by atoms with Crippen molar-refractivity contribution in [2.24, 2.45) is 5.92 Å². The molecule has 1 aliphatic rings. The van der Waals surface area contributed by atoms with Crippen LogP contribution in [0.15, 0.2) is 48.5 Å². The molecule has 2 nitrogen and oxygen atoms in total. The van der Waals surface area contributed by atoms with E-state index >= 15 is 0 Å². The molecule has 2 atom stereocenters. The highest BCUT2D eigenvalue weighted by Crippen LogP contribution is 2.51. The molecule has 0 amide bonds. The fraction of sp³-hybridized carbons (Fsp3) is 0.333. The summed E-state index contributed by atoms with van der Waals surface area (Å²) >= 11 is 0. The van der Waals surface area contributed by atoms with Crippen LogP contribution in [0.3, 0.4) is 0 Å². The molecule has 110 valence electrons. The van der Waals surface area contributed by atoms with Crippen LogP contribution < -0.4 is 10.6 Å². The first-order chi connectivity index (χ1) is 10.2. The van der Waals surface area contributed by atoms with E-state index in [4.69, 9.17) is 0 Å². The van der Waals surface area contributed by atoms with Gasteiger partial charge in [-0.2, -0.15) is 0 Å². The van der Waals surface area contributed by atoms with Gasteiger partial charge in [-0.05, 0) is 38.1 Å². The van der Waals surface area contributed by atoms with Crippen molar-refractivity contribution in [3.63, 3.8) is 0 Å². The summed E-state index contributed by atoms with van der Waals surface area (Å²) < 4.78 is 13.6. The Balaban J connectivity index is 1.69. The molecule has 21 heavy (non-hydrogen) atoms. The van der Waals surface area contributed by atoms with Crippen molar-refractivity contribution >= 4 is 5.69 Å². The molecule has 1 aliphatic carbocycles. The number of hydrogen-bond donors (Lipinski definition) is 2. The van der Waals surface area contributed by atoms with Crippen LogP contribution in [0.1, 0.15) is 17.5 Å². The molecule has 0 heterocycles. The Kier molecular flexibility index (Phi) is 3.68. The highest BCUT2D eigenvalue weighted by atomic mass is 19.1. The second-order valence-electron chi connectivity index (χ2n) is 5.78. The van der Waals surface area contributed by atoms with Gasteiger partial charge in [0, 0.05) is 29.3 Å². The Bertz CT molecular complexity index is 626. The van der Waals surface area contributed by atoms with Gasteiger partial charge < -0.3 is 10.6 Å². The third-order valence-corrected chi connectivity index (χ3v) is 4.65. The lowest BCUT2D eigenvalue weighted by molar-refractivity contribution is 0.531. The fourth-order valence-corrected chi connectivity index (χ4v) is 3.15. The normalized spacial score (nSPS) is 23.9. The van der Waals surface area contributed by atoms with Gasteiger partial charge in [-0.25, -0.2) is 4.39 Å². The van der Waals surface area contributed by atoms with E-state index in [1.807, 2.05) is 26.1 Å². The molecule has 0 radical (unpaired) electrons. The SMILES string of the molecule is CNC1(c2ccccc2)CC1CNc1cccc(F)c1C. The molecule has 1 saturated carbocycles. The minimum Gasteiger partial charge on any atom is -0.384 e. The summed E-state index contributed by atoms with van der Waals surface area (Å²) in [5.41, 5.74) is 2.97. The first-order valence-electron chi connectivity index (χ1n) is 7.41. The zero-order valence-corrected chi connectivity index (χ0v) is 12.5. The molecular weight excluding hydrogens is 263 g/mol. The van der Waals surface area contributed by atoms with Gasteiger partial charge in [-0.3, -0.25) is 0 Å². The minimum absolute atomic E-state index is 0.0650. The number of hydrogen-bond acceptors (Lipinski definition) is 2. The minimum atomic E-state index is -0.154. The monoisotopic (exact) mass is 284 g/mol. The second-order valence-corrected chi connectivity index (χ2v) is 5.78. The quantitative estimate of drug-likeness (QED) is 0.875. The van der Waals surface area contributed by atoms with Crippen LogP contribution in [0.2, 0.25) is 0 Å². The van der Waals surface area contributed by atoms with E-state index in [2.05, 4.69) is 34.9 Å². The molecule has 1 fully saturated rings. The van der Waals surface area contributed by atoms with E-state index < -0.39 is 0 Å². The highest BCUT2D eigenvalue weighted by molar-refractivity contribution is 5.51. The van der Waals surface area contributed by atoms with Crippen molar-refractivity contribution in [2.75, 3.05) is 18.9 Å². The summed E-state index contributed by atoms with van der Waals surface area (Å²) in [5, 5.41) is 6.86. The average molecular weight is 284 g/mol. The van der Waals surface area contributed by atoms with Gasteiger partial charge >= 0.3 is 0 Å².